The van der Waals surface area contributed by atoms with Crippen molar-refractivity contribution in [2.45, 2.75) is 32.4 Å². The van der Waals surface area contributed by atoms with Crippen LogP contribution in [0.3, 0.4) is 0 Å². The summed E-state index contributed by atoms with van der Waals surface area (Å²) in [5.74, 6) is -1.24. The number of carbonyl (C=O) groups excluding carboxylic acids is 1. The topological polar surface area (TPSA) is 77.2 Å². The average molecular weight is 399 g/mol. The molecule has 3 N–H and O–H groups in total. The summed E-state index contributed by atoms with van der Waals surface area (Å²) in [5, 5.41) is 3.49. The molecule has 1 heterocycles. The van der Waals surface area contributed by atoms with Gasteiger partial charge in [-0.2, -0.15) is 0 Å². The number of rotatable bonds is 7. The van der Waals surface area contributed by atoms with E-state index in [1.54, 1.807) is 24.3 Å². The predicted molar refractivity (Wildman–Crippen MR) is 108 cm³/mol. The van der Waals surface area contributed by atoms with Crippen molar-refractivity contribution in [3.63, 3.8) is 0 Å². The van der Waals surface area contributed by atoms with Gasteiger partial charge >= 0.3 is 0 Å². The lowest BCUT2D eigenvalue weighted by Gasteiger charge is -2.22. The van der Waals surface area contributed by atoms with Crippen molar-refractivity contribution in [3.8, 4) is 5.75 Å². The van der Waals surface area contributed by atoms with Crippen molar-refractivity contribution in [3.05, 3.63) is 71.4 Å². The quantitative estimate of drug-likeness (QED) is 0.631. The minimum atomic E-state index is -0.670. The molecule has 0 aliphatic rings. The number of hydrogen-bond donors (Lipinski definition) is 2. The fraction of sp³-hybridized carbons (Fsp3) is 0.273. The summed E-state index contributed by atoms with van der Waals surface area (Å²) in [6.07, 6.45) is 2.17. The number of ether oxygens (including phenoxy) is 1. The van der Waals surface area contributed by atoms with Gasteiger partial charge in [0.2, 0.25) is 0 Å². The Morgan fingerprint density at radius 3 is 2.59 bits per heavy atom. The second-order valence-corrected chi connectivity index (χ2v) is 7.23. The number of nitrogens with one attached hydrogen (secondary N) is 1. The van der Waals surface area contributed by atoms with Gasteiger partial charge in [0, 0.05) is 23.7 Å². The minimum absolute atomic E-state index is 0.152. The number of fused-ring (bicyclic) bond motifs is 1. The number of hydrogen-bond acceptors (Lipinski definition) is 4. The summed E-state index contributed by atoms with van der Waals surface area (Å²) >= 11 is 0. The normalized spacial score (nSPS) is 13.1. The van der Waals surface area contributed by atoms with Crippen LogP contribution in [0.15, 0.2) is 48.7 Å². The first-order valence-corrected chi connectivity index (χ1v) is 9.32. The molecule has 0 saturated carbocycles. The van der Waals surface area contributed by atoms with Crippen molar-refractivity contribution in [1.29, 1.82) is 0 Å². The average Bonchev–Trinajstić information content (AvgIpc) is 2.71. The van der Waals surface area contributed by atoms with Gasteiger partial charge in [-0.15, -0.1) is 0 Å². The standard InChI is InChI=1S/C22H23F2N3O2/c1-3-22(2,25)13-27-21(28)15-10-14-6-4-9-19(20(14)26-11-15)29-12-16-17(23)7-5-8-18(16)24/h4-11H,3,12-13,25H2,1-2H3,(H,27,28)/t22-/m0/s1. The molecule has 7 heteroatoms. The van der Waals surface area contributed by atoms with Crippen molar-refractivity contribution >= 4 is 16.8 Å². The molecule has 0 spiro atoms. The van der Waals surface area contributed by atoms with Gasteiger partial charge in [0.15, 0.2) is 0 Å². The lowest BCUT2D eigenvalue weighted by molar-refractivity contribution is 0.0944. The lowest BCUT2D eigenvalue weighted by atomic mass is 10.0. The van der Waals surface area contributed by atoms with Crippen LogP contribution in [-0.4, -0.2) is 23.0 Å². The third-order valence-electron chi connectivity index (χ3n) is 4.83. The Labute approximate surface area is 167 Å². The Morgan fingerprint density at radius 1 is 1.21 bits per heavy atom. The van der Waals surface area contributed by atoms with E-state index in [1.807, 2.05) is 13.8 Å². The van der Waals surface area contributed by atoms with Gasteiger partial charge < -0.3 is 15.8 Å². The van der Waals surface area contributed by atoms with E-state index in [4.69, 9.17) is 10.5 Å². The van der Waals surface area contributed by atoms with Crippen LogP contribution < -0.4 is 15.8 Å². The molecular weight excluding hydrogens is 376 g/mol. The lowest BCUT2D eigenvalue weighted by Crippen LogP contribution is -2.47. The molecule has 3 rings (SSSR count). The number of halogens is 2. The van der Waals surface area contributed by atoms with Crippen LogP contribution in [-0.2, 0) is 6.61 Å². The summed E-state index contributed by atoms with van der Waals surface area (Å²) in [4.78, 5) is 16.7. The highest BCUT2D eigenvalue weighted by Crippen LogP contribution is 2.26. The molecule has 2 aromatic carbocycles. The molecule has 29 heavy (non-hydrogen) atoms. The Balaban J connectivity index is 1.79. The van der Waals surface area contributed by atoms with Gasteiger partial charge in [-0.25, -0.2) is 8.78 Å². The number of pyridine rings is 1. The monoisotopic (exact) mass is 399 g/mol. The van der Waals surface area contributed by atoms with E-state index in [0.29, 0.717) is 28.8 Å². The van der Waals surface area contributed by atoms with Crippen molar-refractivity contribution in [2.75, 3.05) is 6.54 Å². The van der Waals surface area contributed by atoms with Gasteiger partial charge in [-0.05, 0) is 37.6 Å². The highest BCUT2D eigenvalue weighted by Gasteiger charge is 2.18. The van der Waals surface area contributed by atoms with E-state index in [1.165, 1.54) is 24.4 Å². The van der Waals surface area contributed by atoms with Crippen LogP contribution in [0.25, 0.3) is 10.9 Å². The number of nitrogens with zero attached hydrogens (tertiary/aromatic N) is 1. The second-order valence-electron chi connectivity index (χ2n) is 7.23. The van der Waals surface area contributed by atoms with Crippen LogP contribution in [0.2, 0.25) is 0 Å². The van der Waals surface area contributed by atoms with E-state index < -0.39 is 17.2 Å². The van der Waals surface area contributed by atoms with E-state index in [9.17, 15) is 13.6 Å². The van der Waals surface area contributed by atoms with Gasteiger partial charge in [0.25, 0.3) is 5.91 Å². The summed E-state index contributed by atoms with van der Waals surface area (Å²) in [6, 6.07) is 10.5. The third-order valence-corrected chi connectivity index (χ3v) is 4.83. The predicted octanol–water partition coefficient (Wildman–Crippen LogP) is 3.95. The number of carbonyl (C=O) groups is 1. The van der Waals surface area contributed by atoms with Gasteiger partial charge in [0.1, 0.15) is 29.5 Å². The van der Waals surface area contributed by atoms with Crippen LogP contribution in [0.1, 0.15) is 36.2 Å². The highest BCUT2D eigenvalue weighted by atomic mass is 19.1. The molecule has 0 saturated heterocycles. The number of aromatic nitrogens is 1. The van der Waals surface area contributed by atoms with Crippen LogP contribution in [0.4, 0.5) is 8.78 Å². The first-order valence-electron chi connectivity index (χ1n) is 9.32. The Bertz CT molecular complexity index is 1020. The number of amides is 1. The summed E-state index contributed by atoms with van der Waals surface area (Å²) in [7, 11) is 0. The Kier molecular flexibility index (Phi) is 6.08. The summed E-state index contributed by atoms with van der Waals surface area (Å²) in [6.45, 7) is 3.90. The first kappa shape index (κ1) is 20.7. The number of para-hydroxylation sites is 1. The molecule has 0 aliphatic heterocycles. The van der Waals surface area contributed by atoms with Crippen molar-refractivity contribution < 1.29 is 18.3 Å². The molecule has 0 unspecified atom stereocenters. The highest BCUT2D eigenvalue weighted by molar-refractivity contribution is 5.98. The molecule has 0 bridgehead atoms. The first-order chi connectivity index (χ1) is 13.8. The molecular formula is C22H23F2N3O2. The zero-order valence-corrected chi connectivity index (χ0v) is 16.3. The molecule has 1 aromatic heterocycles. The fourth-order valence-corrected chi connectivity index (χ4v) is 2.70. The molecule has 1 atom stereocenters. The van der Waals surface area contributed by atoms with Crippen LogP contribution >= 0.6 is 0 Å². The molecule has 0 fully saturated rings. The smallest absolute Gasteiger partial charge is 0.252 e. The molecule has 5 nitrogen and oxygen atoms in total. The number of nitrogens with two attached hydrogens (primary N) is 1. The molecule has 3 aromatic rings. The van der Waals surface area contributed by atoms with Gasteiger partial charge in [-0.1, -0.05) is 25.1 Å². The maximum Gasteiger partial charge on any atom is 0.252 e. The Hall–Kier alpha value is -3.06. The van der Waals surface area contributed by atoms with Gasteiger partial charge in [0.05, 0.1) is 11.1 Å². The minimum Gasteiger partial charge on any atom is -0.486 e. The third kappa shape index (κ3) is 4.86. The van der Waals surface area contributed by atoms with Crippen molar-refractivity contribution in [1.82, 2.24) is 10.3 Å². The molecule has 0 aliphatic carbocycles. The SMILES string of the molecule is CC[C@](C)(N)CNC(=O)c1cnc2c(OCc3c(F)cccc3F)cccc2c1. The van der Waals surface area contributed by atoms with Gasteiger partial charge in [-0.3, -0.25) is 9.78 Å². The maximum atomic E-state index is 13.8. The molecule has 1 amide bonds. The van der Waals surface area contributed by atoms with E-state index in [0.717, 1.165) is 6.42 Å². The van der Waals surface area contributed by atoms with Crippen LogP contribution in [0.5, 0.6) is 5.75 Å². The van der Waals surface area contributed by atoms with E-state index in [2.05, 4.69) is 10.3 Å². The summed E-state index contributed by atoms with van der Waals surface area (Å²) < 4.78 is 33.2. The zero-order valence-electron chi connectivity index (χ0n) is 16.3. The summed E-state index contributed by atoms with van der Waals surface area (Å²) in [5.41, 5.74) is 6.31. The zero-order chi connectivity index (χ0) is 21.0. The van der Waals surface area contributed by atoms with Crippen LogP contribution in [0, 0.1) is 11.6 Å². The fourth-order valence-electron chi connectivity index (χ4n) is 2.70. The molecule has 0 radical (unpaired) electrons. The number of benzene rings is 2. The Morgan fingerprint density at radius 2 is 1.90 bits per heavy atom. The van der Waals surface area contributed by atoms with E-state index >= 15 is 0 Å². The van der Waals surface area contributed by atoms with E-state index in [-0.39, 0.29) is 18.1 Å². The molecule has 152 valence electrons. The largest absolute Gasteiger partial charge is 0.486 e. The van der Waals surface area contributed by atoms with Crippen molar-refractivity contribution in [2.24, 2.45) is 5.73 Å². The maximum absolute atomic E-state index is 13.8. The second kappa shape index (κ2) is 8.53.